The zero-order chi connectivity index (χ0) is 37.4. The number of ether oxygens (including phenoxy) is 8. The predicted octanol–water partition coefficient (Wildman–Crippen LogP) is 2.38. The molecule has 1 unspecified atom stereocenters. The van der Waals surface area contributed by atoms with Crippen molar-refractivity contribution in [1.82, 2.24) is 9.80 Å². The number of carbonyl (C=O) groups excluding carboxylic acids is 6. The smallest absolute Gasteiger partial charge is 0.336 e. The van der Waals surface area contributed by atoms with Crippen molar-refractivity contribution in [2.45, 2.75) is 104 Å². The van der Waals surface area contributed by atoms with Crippen LogP contribution in [0.15, 0.2) is 48.1 Å². The first-order valence-electron chi connectivity index (χ1n) is 16.7. The van der Waals surface area contributed by atoms with Crippen molar-refractivity contribution >= 4 is 35.8 Å². The van der Waals surface area contributed by atoms with E-state index in [0.29, 0.717) is 5.57 Å². The lowest BCUT2D eigenvalue weighted by Crippen LogP contribution is -2.40. The van der Waals surface area contributed by atoms with Crippen LogP contribution >= 0.6 is 0 Å². The molecule has 0 spiro atoms. The summed E-state index contributed by atoms with van der Waals surface area (Å²) >= 11 is 0. The normalized spacial score (nSPS) is 29.0. The summed E-state index contributed by atoms with van der Waals surface area (Å²) in [5.74, 6) is -3.89. The van der Waals surface area contributed by atoms with Crippen LogP contribution in [0.1, 0.15) is 61.3 Å². The van der Waals surface area contributed by atoms with Crippen molar-refractivity contribution < 1.29 is 66.7 Å². The molecule has 4 aliphatic rings. The molecule has 0 aliphatic carbocycles. The summed E-state index contributed by atoms with van der Waals surface area (Å²) in [5.41, 5.74) is 0.604. The van der Waals surface area contributed by atoms with Gasteiger partial charge in [0, 0.05) is 77.2 Å². The molecule has 2 fully saturated rings. The number of rotatable bonds is 13. The summed E-state index contributed by atoms with van der Waals surface area (Å²) < 4.78 is 44.5. The zero-order valence-corrected chi connectivity index (χ0v) is 29.8. The summed E-state index contributed by atoms with van der Waals surface area (Å²) in [6.45, 7) is 10.0. The fraction of sp³-hybridized carbons (Fsp3) is 0.600. The van der Waals surface area contributed by atoms with E-state index in [2.05, 4.69) is 0 Å². The Bertz CT molecular complexity index is 1470. The molecule has 4 rings (SSSR count). The van der Waals surface area contributed by atoms with Gasteiger partial charge in [0.15, 0.2) is 12.3 Å². The van der Waals surface area contributed by atoms with Gasteiger partial charge in [-0.15, -0.1) is 0 Å². The van der Waals surface area contributed by atoms with Gasteiger partial charge in [0.05, 0.1) is 11.1 Å². The third-order valence-corrected chi connectivity index (χ3v) is 8.56. The number of carbonyl (C=O) groups is 6. The second-order valence-electron chi connectivity index (χ2n) is 12.8. The number of nitrogens with zero attached hydrogens (tertiary/aromatic N) is 2. The highest BCUT2D eigenvalue weighted by Crippen LogP contribution is 2.35. The van der Waals surface area contributed by atoms with E-state index >= 15 is 0 Å². The molecule has 0 saturated carbocycles. The molecule has 2 saturated heterocycles. The second-order valence-corrected chi connectivity index (χ2v) is 12.8. The third kappa shape index (κ3) is 10.4. The minimum absolute atomic E-state index is 0.0233. The van der Waals surface area contributed by atoms with E-state index < -0.39 is 78.8 Å². The van der Waals surface area contributed by atoms with Gasteiger partial charge in [0.25, 0.3) is 0 Å². The average molecular weight is 719 g/mol. The molecule has 0 N–H and O–H groups in total. The van der Waals surface area contributed by atoms with Crippen molar-refractivity contribution in [2.24, 2.45) is 11.8 Å². The highest BCUT2D eigenvalue weighted by molar-refractivity contribution is 5.90. The standard InChI is InChI=1S/C35H46N2O14/c1-19(47-35(43)27-11-9-13-37(15-27)33-31(49-25(7)41)20(2)28(50-33)17-44-22(4)38)16-46-34(42)26-10-8-12-36(14-26)32-21(3)30(48-24(6)40)29(51-32)18-45-23(5)39/h8-9,12-15,19-21,28-33H,10-11,16-18H2,1-7H3/t19?,20-,21-,28-,29-,30+,31-,32-,33-/m1/s1. The Hall–Kier alpha value is -4.70. The van der Waals surface area contributed by atoms with Gasteiger partial charge in [-0.3, -0.25) is 19.2 Å². The van der Waals surface area contributed by atoms with Crippen LogP contribution in [0.4, 0.5) is 0 Å². The molecule has 9 atom stereocenters. The Balaban J connectivity index is 1.33. The fourth-order valence-electron chi connectivity index (χ4n) is 6.09. The topological polar surface area (TPSA) is 183 Å². The van der Waals surface area contributed by atoms with Gasteiger partial charge in [-0.2, -0.15) is 0 Å². The summed E-state index contributed by atoms with van der Waals surface area (Å²) in [7, 11) is 0. The van der Waals surface area contributed by atoms with E-state index in [0.717, 1.165) is 0 Å². The average Bonchev–Trinajstić information content (AvgIpc) is 3.55. The Morgan fingerprint density at radius 1 is 0.686 bits per heavy atom. The maximum Gasteiger partial charge on any atom is 0.336 e. The molecule has 0 aromatic heterocycles. The molecule has 4 aliphatic heterocycles. The van der Waals surface area contributed by atoms with Gasteiger partial charge in [-0.1, -0.05) is 26.0 Å². The molecule has 0 radical (unpaired) electrons. The Labute approximate surface area is 296 Å². The maximum atomic E-state index is 13.1. The van der Waals surface area contributed by atoms with E-state index in [1.165, 1.54) is 27.7 Å². The van der Waals surface area contributed by atoms with E-state index in [1.54, 1.807) is 53.7 Å². The van der Waals surface area contributed by atoms with E-state index in [-0.39, 0.29) is 50.1 Å². The molecule has 0 bridgehead atoms. The minimum atomic E-state index is -0.799. The van der Waals surface area contributed by atoms with Gasteiger partial charge in [-0.05, 0) is 6.92 Å². The minimum Gasteiger partial charge on any atom is -0.463 e. The van der Waals surface area contributed by atoms with Crippen LogP contribution in [-0.2, 0) is 66.7 Å². The lowest BCUT2D eigenvalue weighted by atomic mass is 10.00. The Morgan fingerprint density at radius 2 is 1.20 bits per heavy atom. The van der Waals surface area contributed by atoms with Crippen LogP contribution in [0, 0.1) is 11.8 Å². The molecule has 0 amide bonds. The molecule has 16 nitrogen and oxygen atoms in total. The monoisotopic (exact) mass is 718 g/mol. The van der Waals surface area contributed by atoms with Gasteiger partial charge in [-0.25, -0.2) is 9.59 Å². The van der Waals surface area contributed by atoms with Crippen molar-refractivity contribution in [3.05, 3.63) is 48.1 Å². The highest BCUT2D eigenvalue weighted by atomic mass is 16.6. The largest absolute Gasteiger partial charge is 0.463 e. The van der Waals surface area contributed by atoms with Crippen LogP contribution in [-0.4, -0.2) is 108 Å². The van der Waals surface area contributed by atoms with Crippen LogP contribution in [0.2, 0.25) is 0 Å². The van der Waals surface area contributed by atoms with Gasteiger partial charge < -0.3 is 47.7 Å². The first kappa shape index (κ1) is 39.1. The summed E-state index contributed by atoms with van der Waals surface area (Å²) in [6, 6.07) is 0. The lowest BCUT2D eigenvalue weighted by molar-refractivity contribution is -0.157. The van der Waals surface area contributed by atoms with Crippen molar-refractivity contribution in [3.63, 3.8) is 0 Å². The Morgan fingerprint density at radius 3 is 1.76 bits per heavy atom. The quantitative estimate of drug-likeness (QED) is 0.200. The van der Waals surface area contributed by atoms with Crippen molar-refractivity contribution in [3.8, 4) is 0 Å². The molecule has 280 valence electrons. The number of esters is 6. The first-order chi connectivity index (χ1) is 24.1. The highest BCUT2D eigenvalue weighted by Gasteiger charge is 2.48. The lowest BCUT2D eigenvalue weighted by Gasteiger charge is -2.31. The molecule has 0 aromatic rings. The van der Waals surface area contributed by atoms with E-state index in [9.17, 15) is 28.8 Å². The number of hydrogen-bond acceptors (Lipinski definition) is 16. The summed E-state index contributed by atoms with van der Waals surface area (Å²) in [5, 5.41) is 0. The summed E-state index contributed by atoms with van der Waals surface area (Å²) in [4.78, 5) is 75.8. The van der Waals surface area contributed by atoms with Crippen molar-refractivity contribution in [1.29, 1.82) is 0 Å². The van der Waals surface area contributed by atoms with Crippen LogP contribution in [0.3, 0.4) is 0 Å². The SMILES string of the molecule is CC(=O)OC[C@H]1O[C@@H](N2C=CCC(C(=O)OC(C)COC(=O)C3=CN([C@@H]4O[C@H](COC(C)=O)[C@@H](OC(C)=O)[C@H]4C)C=CC3)=C2)[C@H](OC(C)=O)[C@@H]1C. The molecule has 16 heteroatoms. The Kier molecular flexibility index (Phi) is 13.4. The first-order valence-corrected chi connectivity index (χ1v) is 16.7. The fourth-order valence-corrected chi connectivity index (χ4v) is 6.09. The van der Waals surface area contributed by atoms with Gasteiger partial charge in [0.1, 0.15) is 50.5 Å². The van der Waals surface area contributed by atoms with Crippen LogP contribution < -0.4 is 0 Å². The van der Waals surface area contributed by atoms with Gasteiger partial charge in [0.2, 0.25) is 0 Å². The van der Waals surface area contributed by atoms with E-state index in [4.69, 9.17) is 37.9 Å². The van der Waals surface area contributed by atoms with E-state index in [1.807, 2.05) is 13.8 Å². The molecule has 51 heavy (non-hydrogen) atoms. The molecular formula is C35H46N2O14. The number of allylic oxidation sites excluding steroid dienone is 2. The van der Waals surface area contributed by atoms with Crippen LogP contribution in [0.5, 0.6) is 0 Å². The number of hydrogen-bond donors (Lipinski definition) is 0. The second kappa shape index (κ2) is 17.5. The molecular weight excluding hydrogens is 672 g/mol. The van der Waals surface area contributed by atoms with Crippen LogP contribution in [0.25, 0.3) is 0 Å². The maximum absolute atomic E-state index is 13.1. The zero-order valence-electron chi connectivity index (χ0n) is 29.8. The molecule has 0 aromatic carbocycles. The van der Waals surface area contributed by atoms with Crippen molar-refractivity contribution in [2.75, 3.05) is 19.8 Å². The summed E-state index contributed by atoms with van der Waals surface area (Å²) in [6.07, 6.45) is 5.73. The van der Waals surface area contributed by atoms with Gasteiger partial charge >= 0.3 is 35.8 Å². The third-order valence-electron chi connectivity index (χ3n) is 8.56. The predicted molar refractivity (Wildman–Crippen MR) is 174 cm³/mol. The molecule has 4 heterocycles.